The molecule has 0 atom stereocenters. The first-order valence-corrected chi connectivity index (χ1v) is 6.95. The minimum Gasteiger partial charge on any atom is -0.399 e. The molecule has 0 fully saturated rings. The second kappa shape index (κ2) is 9.34. The fourth-order valence-electron chi connectivity index (χ4n) is 1.69. The van der Waals surface area contributed by atoms with Gasteiger partial charge in [0.25, 0.3) is 0 Å². The van der Waals surface area contributed by atoms with E-state index in [1.165, 1.54) is 0 Å². The van der Waals surface area contributed by atoms with Gasteiger partial charge in [-0.05, 0) is 38.0 Å². The lowest BCUT2D eigenvalue weighted by atomic mass is 10.1. The number of hydrogen-bond acceptors (Lipinski definition) is 4. The van der Waals surface area contributed by atoms with Crippen LogP contribution in [0.3, 0.4) is 0 Å². The van der Waals surface area contributed by atoms with Crippen molar-refractivity contribution < 1.29 is 14.3 Å². The number of anilines is 2. The Kier molecular flexibility index (Phi) is 7.69. The number of amides is 1. The normalized spacial score (nSPS) is 10.5. The van der Waals surface area contributed by atoms with Crippen molar-refractivity contribution in [3.8, 4) is 0 Å². The highest BCUT2D eigenvalue weighted by Gasteiger charge is 2.05. The van der Waals surface area contributed by atoms with Crippen LogP contribution in [-0.2, 0) is 14.3 Å². The van der Waals surface area contributed by atoms with Crippen LogP contribution in [0.2, 0.25) is 0 Å². The van der Waals surface area contributed by atoms with Crippen LogP contribution in [0.4, 0.5) is 11.4 Å². The van der Waals surface area contributed by atoms with E-state index < -0.39 is 0 Å². The number of nitrogens with two attached hydrogens (primary N) is 1. The SMILES string of the molecule is CCOCCOCCCC(=O)Nc1cc(N)ccc1C. The van der Waals surface area contributed by atoms with E-state index in [2.05, 4.69) is 5.32 Å². The van der Waals surface area contributed by atoms with E-state index in [0.717, 1.165) is 11.3 Å². The van der Waals surface area contributed by atoms with Crippen LogP contribution in [0.25, 0.3) is 0 Å². The Morgan fingerprint density at radius 3 is 2.75 bits per heavy atom. The van der Waals surface area contributed by atoms with Gasteiger partial charge in [0.05, 0.1) is 13.2 Å². The minimum atomic E-state index is -0.0212. The fraction of sp³-hybridized carbons (Fsp3) is 0.533. The number of hydrogen-bond donors (Lipinski definition) is 2. The van der Waals surface area contributed by atoms with Gasteiger partial charge in [0.2, 0.25) is 5.91 Å². The van der Waals surface area contributed by atoms with E-state index in [1.54, 1.807) is 6.07 Å². The molecule has 0 aliphatic carbocycles. The summed E-state index contributed by atoms with van der Waals surface area (Å²) in [5.74, 6) is -0.0212. The van der Waals surface area contributed by atoms with E-state index in [9.17, 15) is 4.79 Å². The summed E-state index contributed by atoms with van der Waals surface area (Å²) in [4.78, 5) is 11.8. The molecule has 0 saturated heterocycles. The van der Waals surface area contributed by atoms with Gasteiger partial charge in [-0.25, -0.2) is 0 Å². The van der Waals surface area contributed by atoms with E-state index in [-0.39, 0.29) is 5.91 Å². The maximum atomic E-state index is 11.8. The van der Waals surface area contributed by atoms with Crippen LogP contribution < -0.4 is 11.1 Å². The van der Waals surface area contributed by atoms with Gasteiger partial charge in [-0.15, -0.1) is 0 Å². The Bertz CT molecular complexity index is 422. The topological polar surface area (TPSA) is 73.6 Å². The molecular weight excluding hydrogens is 256 g/mol. The lowest BCUT2D eigenvalue weighted by Crippen LogP contribution is -2.14. The van der Waals surface area contributed by atoms with Gasteiger partial charge in [-0.3, -0.25) is 4.79 Å². The highest BCUT2D eigenvalue weighted by molar-refractivity contribution is 5.91. The number of nitrogen functional groups attached to an aromatic ring is 1. The Morgan fingerprint density at radius 2 is 2.00 bits per heavy atom. The number of benzene rings is 1. The van der Waals surface area contributed by atoms with Crippen LogP contribution in [0.1, 0.15) is 25.3 Å². The lowest BCUT2D eigenvalue weighted by molar-refractivity contribution is -0.116. The zero-order valence-corrected chi connectivity index (χ0v) is 12.3. The zero-order valence-electron chi connectivity index (χ0n) is 12.3. The molecule has 1 aromatic carbocycles. The Hall–Kier alpha value is -1.59. The van der Waals surface area contributed by atoms with Crippen LogP contribution >= 0.6 is 0 Å². The number of rotatable bonds is 9. The molecule has 5 heteroatoms. The smallest absolute Gasteiger partial charge is 0.224 e. The molecule has 1 amide bonds. The molecule has 0 spiro atoms. The summed E-state index contributed by atoms with van der Waals surface area (Å²) in [6.45, 7) is 6.32. The van der Waals surface area contributed by atoms with Gasteiger partial charge in [0, 0.05) is 31.0 Å². The zero-order chi connectivity index (χ0) is 14.8. The molecule has 0 aromatic heterocycles. The van der Waals surface area contributed by atoms with Gasteiger partial charge in [-0.1, -0.05) is 6.07 Å². The third-order valence-electron chi connectivity index (χ3n) is 2.80. The number of carbonyl (C=O) groups excluding carboxylic acids is 1. The first kappa shape index (κ1) is 16.5. The summed E-state index contributed by atoms with van der Waals surface area (Å²) >= 11 is 0. The van der Waals surface area contributed by atoms with E-state index in [1.807, 2.05) is 26.0 Å². The summed E-state index contributed by atoms with van der Waals surface area (Å²) in [5.41, 5.74) is 8.11. The van der Waals surface area contributed by atoms with Crippen LogP contribution in [0.5, 0.6) is 0 Å². The Balaban J connectivity index is 2.19. The van der Waals surface area contributed by atoms with Crippen molar-refractivity contribution in [1.82, 2.24) is 0 Å². The molecular formula is C15H24N2O3. The van der Waals surface area contributed by atoms with Gasteiger partial charge in [0.1, 0.15) is 0 Å². The maximum absolute atomic E-state index is 11.8. The van der Waals surface area contributed by atoms with Gasteiger partial charge in [0.15, 0.2) is 0 Å². The van der Waals surface area contributed by atoms with Gasteiger partial charge < -0.3 is 20.5 Å². The molecule has 112 valence electrons. The molecule has 0 saturated carbocycles. The van der Waals surface area contributed by atoms with Crippen LogP contribution in [0.15, 0.2) is 18.2 Å². The van der Waals surface area contributed by atoms with Crippen molar-refractivity contribution in [2.75, 3.05) is 37.5 Å². The molecule has 0 unspecified atom stereocenters. The van der Waals surface area contributed by atoms with Crippen molar-refractivity contribution in [2.24, 2.45) is 0 Å². The predicted molar refractivity (Wildman–Crippen MR) is 80.8 cm³/mol. The summed E-state index contributed by atoms with van der Waals surface area (Å²) in [6.07, 6.45) is 1.13. The summed E-state index contributed by atoms with van der Waals surface area (Å²) in [5, 5.41) is 2.86. The predicted octanol–water partition coefficient (Wildman–Crippen LogP) is 2.35. The molecule has 0 heterocycles. The average molecular weight is 280 g/mol. The molecule has 1 rings (SSSR count). The van der Waals surface area contributed by atoms with E-state index in [0.29, 0.717) is 45.0 Å². The maximum Gasteiger partial charge on any atom is 0.224 e. The molecule has 0 aliphatic rings. The minimum absolute atomic E-state index is 0.0212. The van der Waals surface area contributed by atoms with Gasteiger partial charge >= 0.3 is 0 Å². The molecule has 3 N–H and O–H groups in total. The highest BCUT2D eigenvalue weighted by Crippen LogP contribution is 2.18. The van der Waals surface area contributed by atoms with Crippen LogP contribution in [0, 0.1) is 6.92 Å². The number of nitrogens with one attached hydrogen (secondary N) is 1. The van der Waals surface area contributed by atoms with Crippen molar-refractivity contribution in [1.29, 1.82) is 0 Å². The molecule has 0 radical (unpaired) electrons. The van der Waals surface area contributed by atoms with Crippen molar-refractivity contribution >= 4 is 17.3 Å². The summed E-state index contributed by atoms with van der Waals surface area (Å²) in [6, 6.07) is 5.48. The number of ether oxygens (including phenoxy) is 2. The second-order valence-electron chi connectivity index (χ2n) is 4.54. The molecule has 0 bridgehead atoms. The molecule has 0 aliphatic heterocycles. The molecule has 5 nitrogen and oxygen atoms in total. The second-order valence-corrected chi connectivity index (χ2v) is 4.54. The van der Waals surface area contributed by atoms with Crippen molar-refractivity contribution in [2.45, 2.75) is 26.7 Å². The Labute approximate surface area is 120 Å². The van der Waals surface area contributed by atoms with E-state index in [4.69, 9.17) is 15.2 Å². The van der Waals surface area contributed by atoms with Gasteiger partial charge in [-0.2, -0.15) is 0 Å². The molecule has 20 heavy (non-hydrogen) atoms. The first-order valence-electron chi connectivity index (χ1n) is 6.95. The average Bonchev–Trinajstić information content (AvgIpc) is 2.42. The Morgan fingerprint density at radius 1 is 1.25 bits per heavy atom. The monoisotopic (exact) mass is 280 g/mol. The standard InChI is InChI=1S/C15H24N2O3/c1-3-19-9-10-20-8-4-5-15(18)17-14-11-13(16)7-6-12(14)2/h6-7,11H,3-5,8-10,16H2,1-2H3,(H,17,18). The summed E-state index contributed by atoms with van der Waals surface area (Å²) < 4.78 is 10.5. The largest absolute Gasteiger partial charge is 0.399 e. The number of carbonyl (C=O) groups is 1. The first-order chi connectivity index (χ1) is 9.63. The third-order valence-corrected chi connectivity index (χ3v) is 2.80. The number of aryl methyl sites for hydroxylation is 1. The quantitative estimate of drug-likeness (QED) is 0.538. The fourth-order valence-corrected chi connectivity index (χ4v) is 1.69. The lowest BCUT2D eigenvalue weighted by Gasteiger charge is -2.09. The van der Waals surface area contributed by atoms with E-state index >= 15 is 0 Å². The highest BCUT2D eigenvalue weighted by atomic mass is 16.5. The van der Waals surface area contributed by atoms with Crippen molar-refractivity contribution in [3.05, 3.63) is 23.8 Å². The summed E-state index contributed by atoms with van der Waals surface area (Å²) in [7, 11) is 0. The van der Waals surface area contributed by atoms with Crippen molar-refractivity contribution in [3.63, 3.8) is 0 Å². The molecule has 1 aromatic rings. The third kappa shape index (κ3) is 6.54. The van der Waals surface area contributed by atoms with Crippen LogP contribution in [-0.4, -0.2) is 32.3 Å².